The van der Waals surface area contributed by atoms with E-state index in [1.54, 1.807) is 0 Å². The summed E-state index contributed by atoms with van der Waals surface area (Å²) in [6.07, 6.45) is 10.1. The van der Waals surface area contributed by atoms with Crippen molar-refractivity contribution >= 4 is 5.91 Å². The van der Waals surface area contributed by atoms with Crippen LogP contribution in [0.2, 0.25) is 0 Å². The van der Waals surface area contributed by atoms with Crippen molar-refractivity contribution in [2.75, 3.05) is 6.54 Å². The molecule has 0 saturated heterocycles. The zero-order chi connectivity index (χ0) is 13.4. The van der Waals surface area contributed by atoms with Gasteiger partial charge in [0.05, 0.1) is 0 Å². The second kappa shape index (κ2) is 7.78. The molecule has 0 bridgehead atoms. The van der Waals surface area contributed by atoms with Gasteiger partial charge in [-0.15, -0.1) is 0 Å². The Morgan fingerprint density at radius 3 is 2.56 bits per heavy atom. The first kappa shape index (κ1) is 15.5. The maximum atomic E-state index is 12.1. The number of hydrogen-bond acceptors (Lipinski definition) is 2. The molecule has 3 N–H and O–H groups in total. The predicted octanol–water partition coefficient (Wildman–Crippen LogP) is 2.98. The van der Waals surface area contributed by atoms with Gasteiger partial charge in [0.2, 0.25) is 5.91 Å². The lowest BCUT2D eigenvalue weighted by molar-refractivity contribution is -0.124. The summed E-state index contributed by atoms with van der Waals surface area (Å²) >= 11 is 0. The van der Waals surface area contributed by atoms with E-state index < -0.39 is 0 Å². The van der Waals surface area contributed by atoms with Crippen LogP contribution in [0.3, 0.4) is 0 Å². The summed E-state index contributed by atoms with van der Waals surface area (Å²) in [7, 11) is 0. The van der Waals surface area contributed by atoms with E-state index in [4.69, 9.17) is 5.73 Å². The molecule has 1 saturated carbocycles. The third kappa shape index (κ3) is 4.97. The smallest absolute Gasteiger partial charge is 0.220 e. The van der Waals surface area contributed by atoms with Crippen LogP contribution in [0.1, 0.15) is 71.6 Å². The molecule has 1 rings (SSSR count). The molecule has 0 heterocycles. The highest BCUT2D eigenvalue weighted by molar-refractivity contribution is 5.77. The molecule has 0 aromatic carbocycles. The van der Waals surface area contributed by atoms with Crippen LogP contribution in [-0.2, 0) is 4.79 Å². The van der Waals surface area contributed by atoms with Gasteiger partial charge in [0.25, 0.3) is 0 Å². The number of carbonyl (C=O) groups excluding carboxylic acids is 1. The molecule has 3 heteroatoms. The highest BCUT2D eigenvalue weighted by Gasteiger charge is 2.33. The first-order chi connectivity index (χ1) is 8.62. The van der Waals surface area contributed by atoms with Crippen molar-refractivity contribution in [2.24, 2.45) is 11.1 Å². The average molecular weight is 254 g/mol. The molecule has 3 nitrogen and oxygen atoms in total. The van der Waals surface area contributed by atoms with E-state index in [1.165, 1.54) is 32.1 Å². The Kier molecular flexibility index (Phi) is 6.69. The van der Waals surface area contributed by atoms with E-state index in [0.29, 0.717) is 19.0 Å². The first-order valence-corrected chi connectivity index (χ1v) is 7.61. The highest BCUT2D eigenvalue weighted by atomic mass is 16.1. The molecule has 1 aliphatic carbocycles. The van der Waals surface area contributed by atoms with Crippen molar-refractivity contribution in [2.45, 2.75) is 77.7 Å². The monoisotopic (exact) mass is 254 g/mol. The Hall–Kier alpha value is -0.570. The first-order valence-electron chi connectivity index (χ1n) is 7.61. The number of nitrogens with two attached hydrogens (primary N) is 1. The maximum Gasteiger partial charge on any atom is 0.220 e. The Bertz CT molecular complexity index is 247. The van der Waals surface area contributed by atoms with Crippen LogP contribution < -0.4 is 11.1 Å². The number of carbonyl (C=O) groups is 1. The largest absolute Gasteiger partial charge is 0.354 e. The third-order valence-corrected chi connectivity index (χ3v) is 4.28. The number of amides is 1. The van der Waals surface area contributed by atoms with Gasteiger partial charge in [0.1, 0.15) is 0 Å². The molecule has 0 radical (unpaired) electrons. The van der Waals surface area contributed by atoms with Crippen molar-refractivity contribution < 1.29 is 4.79 Å². The van der Waals surface area contributed by atoms with Gasteiger partial charge in [-0.1, -0.05) is 39.0 Å². The Balaban J connectivity index is 2.37. The summed E-state index contributed by atoms with van der Waals surface area (Å²) in [4.78, 5) is 12.1. The Morgan fingerprint density at radius 2 is 2.00 bits per heavy atom. The van der Waals surface area contributed by atoms with Crippen molar-refractivity contribution in [3.63, 3.8) is 0 Å². The number of rotatable bonds is 7. The molecule has 1 fully saturated rings. The maximum absolute atomic E-state index is 12.1. The van der Waals surface area contributed by atoms with Crippen LogP contribution in [0, 0.1) is 5.41 Å². The molecule has 106 valence electrons. The third-order valence-electron chi connectivity index (χ3n) is 4.28. The van der Waals surface area contributed by atoms with Gasteiger partial charge in [-0.05, 0) is 38.1 Å². The molecule has 1 aliphatic rings. The lowest BCUT2D eigenvalue weighted by Gasteiger charge is -2.36. The zero-order valence-corrected chi connectivity index (χ0v) is 12.1. The molecular formula is C15H30N2O. The minimum atomic E-state index is 0.0901. The average Bonchev–Trinajstić information content (AvgIpc) is 2.37. The Labute approximate surface area is 112 Å². The zero-order valence-electron chi connectivity index (χ0n) is 12.1. The summed E-state index contributed by atoms with van der Waals surface area (Å²) in [6, 6.07) is 0.302. The van der Waals surface area contributed by atoms with Gasteiger partial charge in [-0.2, -0.15) is 0 Å². The van der Waals surface area contributed by atoms with Crippen LogP contribution in [0.25, 0.3) is 0 Å². The standard InChI is InChI=1S/C15H30N2O/c1-3-4-8-13(2)17-14(18)11-15(12-16)9-6-5-7-10-15/h13H,3-12,16H2,1-2H3,(H,17,18). The summed E-state index contributed by atoms with van der Waals surface area (Å²) < 4.78 is 0. The van der Waals surface area contributed by atoms with Gasteiger partial charge in [-0.25, -0.2) is 0 Å². The lowest BCUT2D eigenvalue weighted by Crippen LogP contribution is -2.41. The molecule has 0 spiro atoms. The highest BCUT2D eigenvalue weighted by Crippen LogP contribution is 2.38. The van der Waals surface area contributed by atoms with Crippen LogP contribution in [-0.4, -0.2) is 18.5 Å². The van der Waals surface area contributed by atoms with Crippen molar-refractivity contribution in [1.29, 1.82) is 0 Å². The molecule has 18 heavy (non-hydrogen) atoms. The fourth-order valence-electron chi connectivity index (χ4n) is 3.00. The van der Waals surface area contributed by atoms with Gasteiger partial charge in [0.15, 0.2) is 0 Å². The van der Waals surface area contributed by atoms with Crippen LogP contribution >= 0.6 is 0 Å². The van der Waals surface area contributed by atoms with E-state index in [-0.39, 0.29) is 11.3 Å². The van der Waals surface area contributed by atoms with Crippen molar-refractivity contribution in [3.05, 3.63) is 0 Å². The van der Waals surface area contributed by atoms with Gasteiger partial charge < -0.3 is 11.1 Å². The molecule has 1 atom stereocenters. The van der Waals surface area contributed by atoms with Gasteiger partial charge >= 0.3 is 0 Å². The molecule has 0 aliphatic heterocycles. The lowest BCUT2D eigenvalue weighted by atomic mass is 9.71. The summed E-state index contributed by atoms with van der Waals surface area (Å²) in [5.41, 5.74) is 6.01. The fraction of sp³-hybridized carbons (Fsp3) is 0.933. The van der Waals surface area contributed by atoms with Gasteiger partial charge in [-0.3, -0.25) is 4.79 Å². The van der Waals surface area contributed by atoms with Crippen LogP contribution in [0.5, 0.6) is 0 Å². The summed E-state index contributed by atoms with van der Waals surface area (Å²) in [5.74, 6) is 0.200. The molecular weight excluding hydrogens is 224 g/mol. The van der Waals surface area contributed by atoms with Crippen molar-refractivity contribution in [1.82, 2.24) is 5.32 Å². The molecule has 0 aromatic heterocycles. The normalized spacial score (nSPS) is 20.4. The fourth-order valence-corrected chi connectivity index (χ4v) is 3.00. The van der Waals surface area contributed by atoms with E-state index in [9.17, 15) is 4.79 Å². The van der Waals surface area contributed by atoms with Crippen LogP contribution in [0.15, 0.2) is 0 Å². The predicted molar refractivity (Wildman–Crippen MR) is 76.3 cm³/mol. The van der Waals surface area contributed by atoms with Crippen LogP contribution in [0.4, 0.5) is 0 Å². The SMILES string of the molecule is CCCCC(C)NC(=O)CC1(CN)CCCCC1. The van der Waals surface area contributed by atoms with Gasteiger partial charge in [0, 0.05) is 12.5 Å². The van der Waals surface area contributed by atoms with E-state index in [2.05, 4.69) is 19.2 Å². The van der Waals surface area contributed by atoms with E-state index in [0.717, 1.165) is 19.3 Å². The second-order valence-electron chi connectivity index (χ2n) is 6.05. The topological polar surface area (TPSA) is 55.1 Å². The summed E-state index contributed by atoms with van der Waals surface area (Å²) in [6.45, 7) is 4.94. The quantitative estimate of drug-likeness (QED) is 0.734. The molecule has 1 amide bonds. The molecule has 1 unspecified atom stereocenters. The minimum absolute atomic E-state index is 0.0901. The second-order valence-corrected chi connectivity index (χ2v) is 6.05. The Morgan fingerprint density at radius 1 is 1.33 bits per heavy atom. The number of unbranched alkanes of at least 4 members (excludes halogenated alkanes) is 1. The number of hydrogen-bond donors (Lipinski definition) is 2. The summed E-state index contributed by atoms with van der Waals surface area (Å²) in [5, 5.41) is 3.13. The van der Waals surface area contributed by atoms with E-state index >= 15 is 0 Å². The molecule has 0 aromatic rings. The van der Waals surface area contributed by atoms with E-state index in [1.807, 2.05) is 0 Å². The van der Waals surface area contributed by atoms with Crippen molar-refractivity contribution in [3.8, 4) is 0 Å². The minimum Gasteiger partial charge on any atom is -0.354 e. The number of nitrogens with one attached hydrogen (secondary N) is 1.